The Hall–Kier alpha value is -1.71. The number of rotatable bonds is 4. The fourth-order valence-electron chi connectivity index (χ4n) is 1.29. The standard InChI is InChI=1S/C14H21NO3/c1-11(15-13(16)18-14(2,3)4)10-17-12-8-6-5-7-9-12/h5-9,11H,10H2,1-4H3,(H,15,16)/t11-/m0/s1. The van der Waals surface area contributed by atoms with Crippen molar-refractivity contribution in [3.63, 3.8) is 0 Å². The summed E-state index contributed by atoms with van der Waals surface area (Å²) in [5.74, 6) is 0.787. The average molecular weight is 251 g/mol. The molecule has 1 atom stereocenters. The Morgan fingerprint density at radius 2 is 1.89 bits per heavy atom. The van der Waals surface area contributed by atoms with E-state index in [1.807, 2.05) is 58.0 Å². The lowest BCUT2D eigenvalue weighted by Crippen LogP contribution is -2.40. The molecule has 1 amide bonds. The highest BCUT2D eigenvalue weighted by atomic mass is 16.6. The summed E-state index contributed by atoms with van der Waals surface area (Å²) in [4.78, 5) is 11.5. The number of nitrogens with one attached hydrogen (secondary N) is 1. The van der Waals surface area contributed by atoms with Gasteiger partial charge in [-0.3, -0.25) is 0 Å². The SMILES string of the molecule is C[C@@H](COc1ccccc1)NC(=O)OC(C)(C)C. The van der Waals surface area contributed by atoms with Crippen molar-refractivity contribution in [3.05, 3.63) is 30.3 Å². The lowest BCUT2D eigenvalue weighted by Gasteiger charge is -2.22. The summed E-state index contributed by atoms with van der Waals surface area (Å²) in [6, 6.07) is 9.37. The number of hydrogen-bond acceptors (Lipinski definition) is 3. The van der Waals surface area contributed by atoms with Gasteiger partial charge in [0, 0.05) is 0 Å². The second kappa shape index (κ2) is 6.28. The fraction of sp³-hybridized carbons (Fsp3) is 0.500. The van der Waals surface area contributed by atoms with Crippen molar-refractivity contribution < 1.29 is 14.3 Å². The molecule has 1 N–H and O–H groups in total. The van der Waals surface area contributed by atoms with E-state index in [4.69, 9.17) is 9.47 Å². The Bertz CT molecular complexity index is 370. The number of ether oxygens (including phenoxy) is 2. The van der Waals surface area contributed by atoms with Crippen LogP contribution in [-0.4, -0.2) is 24.3 Å². The number of carbonyl (C=O) groups is 1. The third-order valence-electron chi connectivity index (χ3n) is 2.01. The zero-order chi connectivity index (χ0) is 13.6. The minimum atomic E-state index is -0.482. The van der Waals surface area contributed by atoms with E-state index in [0.717, 1.165) is 5.75 Å². The van der Waals surface area contributed by atoms with Crippen LogP contribution in [0.25, 0.3) is 0 Å². The molecular formula is C14H21NO3. The van der Waals surface area contributed by atoms with Crippen molar-refractivity contribution >= 4 is 6.09 Å². The first-order valence-electron chi connectivity index (χ1n) is 6.04. The van der Waals surface area contributed by atoms with Crippen LogP contribution in [0.4, 0.5) is 4.79 Å². The third kappa shape index (κ3) is 6.13. The van der Waals surface area contributed by atoms with Gasteiger partial charge in [0.05, 0.1) is 6.04 Å². The maximum absolute atomic E-state index is 11.5. The maximum Gasteiger partial charge on any atom is 0.407 e. The van der Waals surface area contributed by atoms with Crippen LogP contribution in [0, 0.1) is 0 Å². The van der Waals surface area contributed by atoms with E-state index in [-0.39, 0.29) is 6.04 Å². The van der Waals surface area contributed by atoms with Crippen LogP contribution in [0.2, 0.25) is 0 Å². The van der Waals surface area contributed by atoms with E-state index in [0.29, 0.717) is 6.61 Å². The van der Waals surface area contributed by atoms with Crippen molar-refractivity contribution in [2.24, 2.45) is 0 Å². The summed E-state index contributed by atoms with van der Waals surface area (Å²) in [5.41, 5.74) is -0.482. The Labute approximate surface area is 108 Å². The molecule has 0 aliphatic rings. The number of carbonyl (C=O) groups excluding carboxylic acids is 1. The predicted octanol–water partition coefficient (Wildman–Crippen LogP) is 2.98. The molecule has 1 rings (SSSR count). The molecule has 0 bridgehead atoms. The first-order valence-corrected chi connectivity index (χ1v) is 6.04. The number of alkyl carbamates (subject to hydrolysis) is 1. The van der Waals surface area contributed by atoms with Crippen LogP contribution in [0.3, 0.4) is 0 Å². The highest BCUT2D eigenvalue weighted by Gasteiger charge is 2.17. The van der Waals surface area contributed by atoms with Crippen LogP contribution in [0.1, 0.15) is 27.7 Å². The molecule has 0 spiro atoms. The Morgan fingerprint density at radius 1 is 1.28 bits per heavy atom. The second-order valence-electron chi connectivity index (χ2n) is 5.17. The van der Waals surface area contributed by atoms with Gasteiger partial charge in [-0.2, -0.15) is 0 Å². The summed E-state index contributed by atoms with van der Waals surface area (Å²) in [6.45, 7) is 7.77. The van der Waals surface area contributed by atoms with Crippen LogP contribution in [0.5, 0.6) is 5.75 Å². The van der Waals surface area contributed by atoms with E-state index < -0.39 is 11.7 Å². The molecule has 0 aliphatic heterocycles. The Morgan fingerprint density at radius 3 is 2.44 bits per heavy atom. The van der Waals surface area contributed by atoms with Crippen molar-refractivity contribution in [3.8, 4) is 5.75 Å². The summed E-state index contributed by atoms with van der Waals surface area (Å²) >= 11 is 0. The van der Waals surface area contributed by atoms with Gasteiger partial charge >= 0.3 is 6.09 Å². The van der Waals surface area contributed by atoms with Crippen LogP contribution >= 0.6 is 0 Å². The van der Waals surface area contributed by atoms with Crippen molar-refractivity contribution in [2.75, 3.05) is 6.61 Å². The average Bonchev–Trinajstić information content (AvgIpc) is 2.25. The molecule has 1 aromatic rings. The molecule has 4 heteroatoms. The van der Waals surface area contributed by atoms with Gasteiger partial charge < -0.3 is 14.8 Å². The van der Waals surface area contributed by atoms with E-state index >= 15 is 0 Å². The van der Waals surface area contributed by atoms with Gasteiger partial charge in [0.15, 0.2) is 0 Å². The maximum atomic E-state index is 11.5. The van der Waals surface area contributed by atoms with Crippen molar-refractivity contribution in [1.82, 2.24) is 5.32 Å². The van der Waals surface area contributed by atoms with E-state index in [9.17, 15) is 4.79 Å². The van der Waals surface area contributed by atoms with E-state index in [2.05, 4.69) is 5.32 Å². The molecule has 18 heavy (non-hydrogen) atoms. The smallest absolute Gasteiger partial charge is 0.407 e. The van der Waals surface area contributed by atoms with Gasteiger partial charge in [0.25, 0.3) is 0 Å². The zero-order valence-electron chi connectivity index (χ0n) is 11.4. The number of hydrogen-bond donors (Lipinski definition) is 1. The molecule has 100 valence electrons. The van der Waals surface area contributed by atoms with Gasteiger partial charge in [0.2, 0.25) is 0 Å². The molecule has 0 heterocycles. The largest absolute Gasteiger partial charge is 0.491 e. The topological polar surface area (TPSA) is 47.6 Å². The Balaban J connectivity index is 2.29. The normalized spacial score (nSPS) is 12.7. The lowest BCUT2D eigenvalue weighted by atomic mass is 10.2. The second-order valence-corrected chi connectivity index (χ2v) is 5.17. The first-order chi connectivity index (χ1) is 8.37. The fourth-order valence-corrected chi connectivity index (χ4v) is 1.29. The number of benzene rings is 1. The van der Waals surface area contributed by atoms with E-state index in [1.54, 1.807) is 0 Å². The molecule has 0 radical (unpaired) electrons. The predicted molar refractivity (Wildman–Crippen MR) is 70.8 cm³/mol. The van der Waals surface area contributed by atoms with Gasteiger partial charge in [-0.25, -0.2) is 4.79 Å². The molecule has 0 saturated heterocycles. The highest BCUT2D eigenvalue weighted by molar-refractivity contribution is 5.68. The molecule has 0 saturated carbocycles. The van der Waals surface area contributed by atoms with Gasteiger partial charge in [-0.1, -0.05) is 18.2 Å². The lowest BCUT2D eigenvalue weighted by molar-refractivity contribution is 0.0494. The van der Waals surface area contributed by atoms with Crippen LogP contribution < -0.4 is 10.1 Å². The first kappa shape index (κ1) is 14.4. The molecule has 0 aromatic heterocycles. The molecule has 4 nitrogen and oxygen atoms in total. The molecular weight excluding hydrogens is 230 g/mol. The van der Waals surface area contributed by atoms with Gasteiger partial charge in [-0.15, -0.1) is 0 Å². The van der Waals surface area contributed by atoms with E-state index in [1.165, 1.54) is 0 Å². The minimum absolute atomic E-state index is 0.111. The van der Waals surface area contributed by atoms with Crippen molar-refractivity contribution in [2.45, 2.75) is 39.3 Å². The van der Waals surface area contributed by atoms with Crippen LogP contribution in [-0.2, 0) is 4.74 Å². The summed E-state index contributed by atoms with van der Waals surface area (Å²) in [7, 11) is 0. The quantitative estimate of drug-likeness (QED) is 0.895. The van der Waals surface area contributed by atoms with Gasteiger partial charge in [0.1, 0.15) is 18.0 Å². The third-order valence-corrected chi connectivity index (χ3v) is 2.01. The summed E-state index contributed by atoms with van der Waals surface area (Å²) in [5, 5.41) is 2.72. The zero-order valence-corrected chi connectivity index (χ0v) is 11.4. The Kier molecular flexibility index (Phi) is 5.01. The van der Waals surface area contributed by atoms with Gasteiger partial charge in [-0.05, 0) is 39.8 Å². The minimum Gasteiger partial charge on any atom is -0.491 e. The summed E-state index contributed by atoms with van der Waals surface area (Å²) in [6.07, 6.45) is -0.424. The number of para-hydroxylation sites is 1. The molecule has 1 aromatic carbocycles. The summed E-state index contributed by atoms with van der Waals surface area (Å²) < 4.78 is 10.7. The number of amides is 1. The highest BCUT2D eigenvalue weighted by Crippen LogP contribution is 2.09. The molecule has 0 aliphatic carbocycles. The molecule has 0 fully saturated rings. The molecule has 0 unspecified atom stereocenters. The monoisotopic (exact) mass is 251 g/mol. The van der Waals surface area contributed by atoms with Crippen molar-refractivity contribution in [1.29, 1.82) is 0 Å². The van der Waals surface area contributed by atoms with Crippen LogP contribution in [0.15, 0.2) is 30.3 Å².